The highest BCUT2D eigenvalue weighted by Crippen LogP contribution is 2.36. The number of rotatable bonds is 5. The van der Waals surface area contributed by atoms with Gasteiger partial charge in [0.1, 0.15) is 5.75 Å². The van der Waals surface area contributed by atoms with Crippen molar-refractivity contribution in [3.8, 4) is 5.75 Å². The summed E-state index contributed by atoms with van der Waals surface area (Å²) < 4.78 is 5.43. The lowest BCUT2D eigenvalue weighted by Gasteiger charge is -2.40. The molecule has 4 nitrogen and oxygen atoms in total. The summed E-state index contributed by atoms with van der Waals surface area (Å²) in [6.45, 7) is 1.50. The number of aliphatic hydroxyl groups excluding tert-OH is 1. The van der Waals surface area contributed by atoms with Gasteiger partial charge in [0.25, 0.3) is 0 Å². The Labute approximate surface area is 143 Å². The predicted molar refractivity (Wildman–Crippen MR) is 95.4 cm³/mol. The summed E-state index contributed by atoms with van der Waals surface area (Å²) in [4.78, 5) is 2.24. The van der Waals surface area contributed by atoms with Crippen LogP contribution < -0.4 is 9.64 Å². The van der Waals surface area contributed by atoms with Gasteiger partial charge >= 0.3 is 0 Å². The molecular formula is C20H25NO3. The molecule has 0 aromatic heterocycles. The molecule has 2 N–H and O–H groups in total. The molecule has 128 valence electrons. The van der Waals surface area contributed by atoms with Gasteiger partial charge in [0.2, 0.25) is 0 Å². The van der Waals surface area contributed by atoms with Gasteiger partial charge in [0.15, 0.2) is 0 Å². The Morgan fingerprint density at radius 2 is 1.67 bits per heavy atom. The van der Waals surface area contributed by atoms with Crippen LogP contribution in [0.15, 0.2) is 54.6 Å². The third-order valence-corrected chi connectivity index (χ3v) is 4.88. The lowest BCUT2D eigenvalue weighted by atomic mass is 9.84. The minimum Gasteiger partial charge on any atom is -0.495 e. The van der Waals surface area contributed by atoms with Gasteiger partial charge in [-0.1, -0.05) is 42.5 Å². The number of hydrogen-bond donors (Lipinski definition) is 2. The molecule has 4 heteroatoms. The molecule has 3 rings (SSSR count). The molecule has 1 aliphatic rings. The minimum atomic E-state index is -0.826. The smallest absolute Gasteiger partial charge is 0.142 e. The Bertz CT molecular complexity index is 651. The van der Waals surface area contributed by atoms with E-state index in [-0.39, 0.29) is 0 Å². The molecule has 0 bridgehead atoms. The van der Waals surface area contributed by atoms with Crippen LogP contribution in [-0.2, 0) is 0 Å². The van der Waals surface area contributed by atoms with Crippen LogP contribution in [0.1, 0.15) is 30.9 Å². The van der Waals surface area contributed by atoms with Gasteiger partial charge in [0.05, 0.1) is 24.5 Å². The largest absolute Gasteiger partial charge is 0.495 e. The van der Waals surface area contributed by atoms with Gasteiger partial charge in [-0.2, -0.15) is 0 Å². The van der Waals surface area contributed by atoms with Crippen LogP contribution in [-0.4, -0.2) is 36.0 Å². The number of ether oxygens (including phenoxy) is 1. The first-order valence-electron chi connectivity index (χ1n) is 8.45. The van der Waals surface area contributed by atoms with E-state index < -0.39 is 11.7 Å². The van der Waals surface area contributed by atoms with Crippen LogP contribution in [0.3, 0.4) is 0 Å². The Hall–Kier alpha value is -2.04. The highest BCUT2D eigenvalue weighted by Gasteiger charge is 2.35. The lowest BCUT2D eigenvalue weighted by molar-refractivity contribution is -0.0292. The van der Waals surface area contributed by atoms with Crippen LogP contribution in [0.2, 0.25) is 0 Å². The van der Waals surface area contributed by atoms with Crippen molar-refractivity contribution >= 4 is 5.69 Å². The fourth-order valence-corrected chi connectivity index (χ4v) is 3.41. The minimum absolute atomic E-state index is 0.372. The van der Waals surface area contributed by atoms with E-state index in [1.165, 1.54) is 0 Å². The van der Waals surface area contributed by atoms with Crippen LogP contribution in [0.4, 0.5) is 5.69 Å². The quantitative estimate of drug-likeness (QED) is 0.886. The monoisotopic (exact) mass is 327 g/mol. The van der Waals surface area contributed by atoms with Gasteiger partial charge < -0.3 is 19.8 Å². The summed E-state index contributed by atoms with van der Waals surface area (Å²) >= 11 is 0. The molecule has 1 heterocycles. The number of benzene rings is 2. The molecule has 1 unspecified atom stereocenters. The standard InChI is InChI=1S/C20H25NO3/c1-24-19-10-6-5-9-17(19)21-13-11-20(23,12-14-21)15-18(22)16-7-3-2-4-8-16/h2-10,18,22-23H,11-15H2,1H3. The topological polar surface area (TPSA) is 52.9 Å². The van der Waals surface area contributed by atoms with Crippen molar-refractivity contribution in [2.45, 2.75) is 31.0 Å². The highest BCUT2D eigenvalue weighted by molar-refractivity contribution is 5.58. The zero-order valence-electron chi connectivity index (χ0n) is 14.1. The number of para-hydroxylation sites is 2. The molecular weight excluding hydrogens is 302 g/mol. The predicted octanol–water partition coefficient (Wildman–Crippen LogP) is 3.15. The van der Waals surface area contributed by atoms with E-state index in [9.17, 15) is 10.2 Å². The van der Waals surface area contributed by atoms with E-state index in [1.54, 1.807) is 7.11 Å². The van der Waals surface area contributed by atoms with E-state index in [1.807, 2.05) is 54.6 Å². The van der Waals surface area contributed by atoms with E-state index in [2.05, 4.69) is 4.90 Å². The van der Waals surface area contributed by atoms with E-state index >= 15 is 0 Å². The van der Waals surface area contributed by atoms with E-state index in [0.717, 1.165) is 30.1 Å². The zero-order chi connectivity index (χ0) is 17.0. The van der Waals surface area contributed by atoms with Crippen molar-refractivity contribution in [3.63, 3.8) is 0 Å². The molecule has 0 saturated carbocycles. The average molecular weight is 327 g/mol. The van der Waals surface area contributed by atoms with Gasteiger partial charge in [-0.15, -0.1) is 0 Å². The summed E-state index contributed by atoms with van der Waals surface area (Å²) in [7, 11) is 1.68. The molecule has 2 aromatic rings. The molecule has 1 atom stereocenters. The molecule has 0 amide bonds. The molecule has 2 aromatic carbocycles. The number of anilines is 1. The first-order chi connectivity index (χ1) is 11.6. The maximum atomic E-state index is 10.9. The molecule has 24 heavy (non-hydrogen) atoms. The van der Waals surface area contributed by atoms with Crippen molar-refractivity contribution in [2.24, 2.45) is 0 Å². The molecule has 1 aliphatic heterocycles. The third kappa shape index (κ3) is 3.71. The summed E-state index contributed by atoms with van der Waals surface area (Å²) in [5.41, 5.74) is 1.09. The van der Waals surface area contributed by atoms with E-state index in [4.69, 9.17) is 4.74 Å². The summed E-state index contributed by atoms with van der Waals surface area (Å²) in [5.74, 6) is 0.854. The van der Waals surface area contributed by atoms with Crippen LogP contribution in [0.25, 0.3) is 0 Å². The van der Waals surface area contributed by atoms with Crippen molar-refractivity contribution in [3.05, 3.63) is 60.2 Å². The number of nitrogens with zero attached hydrogens (tertiary/aromatic N) is 1. The molecule has 0 radical (unpaired) electrons. The number of aliphatic hydroxyl groups is 2. The third-order valence-electron chi connectivity index (χ3n) is 4.88. The number of methoxy groups -OCH3 is 1. The fraction of sp³-hybridized carbons (Fsp3) is 0.400. The first-order valence-corrected chi connectivity index (χ1v) is 8.45. The first kappa shape index (κ1) is 16.8. The van der Waals surface area contributed by atoms with Crippen LogP contribution in [0, 0.1) is 0 Å². The molecule has 0 aliphatic carbocycles. The SMILES string of the molecule is COc1ccccc1N1CCC(O)(CC(O)c2ccccc2)CC1. The normalized spacial score (nSPS) is 18.2. The van der Waals surface area contributed by atoms with Gasteiger partial charge in [-0.05, 0) is 30.5 Å². The van der Waals surface area contributed by atoms with Crippen LogP contribution in [0.5, 0.6) is 5.75 Å². The second-order valence-corrected chi connectivity index (χ2v) is 6.51. The zero-order valence-corrected chi connectivity index (χ0v) is 14.1. The summed E-state index contributed by atoms with van der Waals surface area (Å²) in [6, 6.07) is 17.5. The van der Waals surface area contributed by atoms with Crippen molar-refractivity contribution in [1.82, 2.24) is 0 Å². The van der Waals surface area contributed by atoms with E-state index in [0.29, 0.717) is 19.3 Å². The summed E-state index contributed by atoms with van der Waals surface area (Å²) in [6.07, 6.45) is 1.01. The van der Waals surface area contributed by atoms with Crippen LogP contribution >= 0.6 is 0 Å². The lowest BCUT2D eigenvalue weighted by Crippen LogP contribution is -2.45. The Kier molecular flexibility index (Phi) is 5.07. The maximum absolute atomic E-state index is 10.9. The Balaban J connectivity index is 1.63. The Morgan fingerprint density at radius 3 is 2.33 bits per heavy atom. The highest BCUT2D eigenvalue weighted by atomic mass is 16.5. The molecule has 0 spiro atoms. The fourth-order valence-electron chi connectivity index (χ4n) is 3.41. The van der Waals surface area contributed by atoms with Crippen molar-refractivity contribution < 1.29 is 14.9 Å². The van der Waals surface area contributed by atoms with Crippen molar-refractivity contribution in [2.75, 3.05) is 25.1 Å². The Morgan fingerprint density at radius 1 is 1.04 bits per heavy atom. The summed E-state index contributed by atoms with van der Waals surface area (Å²) in [5, 5.41) is 21.3. The average Bonchev–Trinajstić information content (AvgIpc) is 2.63. The number of piperidine rings is 1. The van der Waals surface area contributed by atoms with Gasteiger partial charge in [0, 0.05) is 19.5 Å². The van der Waals surface area contributed by atoms with Gasteiger partial charge in [-0.3, -0.25) is 0 Å². The molecule has 1 saturated heterocycles. The second kappa shape index (κ2) is 7.24. The number of hydrogen-bond acceptors (Lipinski definition) is 4. The van der Waals surface area contributed by atoms with Crippen molar-refractivity contribution in [1.29, 1.82) is 0 Å². The maximum Gasteiger partial charge on any atom is 0.142 e. The molecule has 1 fully saturated rings. The van der Waals surface area contributed by atoms with Gasteiger partial charge in [-0.25, -0.2) is 0 Å². The second-order valence-electron chi connectivity index (χ2n) is 6.51.